The van der Waals surface area contributed by atoms with Crippen molar-refractivity contribution in [3.63, 3.8) is 0 Å². The highest BCUT2D eigenvalue weighted by Crippen LogP contribution is 2.27. The standard InChI is InChI=1S/C15H15ClN2O3/c1-10(17)13-4-2-3-5-15(13)21-9-11-6-7-12(16)8-14(11)18(19)20/h2-8,10H,9,17H2,1H3. The van der Waals surface area contributed by atoms with Crippen LogP contribution in [0.3, 0.4) is 0 Å². The quantitative estimate of drug-likeness (QED) is 0.672. The third kappa shape index (κ3) is 3.71. The molecule has 5 nitrogen and oxygen atoms in total. The van der Waals surface area contributed by atoms with E-state index in [1.54, 1.807) is 18.2 Å². The lowest BCUT2D eigenvalue weighted by Crippen LogP contribution is -2.08. The van der Waals surface area contributed by atoms with Crippen molar-refractivity contribution in [3.8, 4) is 5.75 Å². The van der Waals surface area contributed by atoms with Crippen molar-refractivity contribution >= 4 is 17.3 Å². The largest absolute Gasteiger partial charge is 0.488 e. The summed E-state index contributed by atoms with van der Waals surface area (Å²) in [5.74, 6) is 0.622. The molecule has 0 fully saturated rings. The number of ether oxygens (including phenoxy) is 1. The van der Waals surface area contributed by atoms with Gasteiger partial charge in [0.2, 0.25) is 0 Å². The van der Waals surface area contributed by atoms with Crippen molar-refractivity contribution < 1.29 is 9.66 Å². The zero-order chi connectivity index (χ0) is 15.4. The maximum absolute atomic E-state index is 11.0. The molecule has 2 aromatic rings. The highest BCUT2D eigenvalue weighted by molar-refractivity contribution is 6.30. The summed E-state index contributed by atoms with van der Waals surface area (Å²) in [7, 11) is 0. The molecule has 0 spiro atoms. The SMILES string of the molecule is CC(N)c1ccccc1OCc1ccc(Cl)cc1[N+](=O)[O-]. The van der Waals surface area contributed by atoms with Crippen LogP contribution in [-0.2, 0) is 6.61 Å². The average Bonchev–Trinajstić information content (AvgIpc) is 2.46. The maximum Gasteiger partial charge on any atom is 0.277 e. The van der Waals surface area contributed by atoms with Crippen LogP contribution >= 0.6 is 11.6 Å². The molecule has 0 radical (unpaired) electrons. The Hall–Kier alpha value is -2.11. The minimum Gasteiger partial charge on any atom is -0.488 e. The maximum atomic E-state index is 11.0. The van der Waals surface area contributed by atoms with Crippen molar-refractivity contribution in [2.24, 2.45) is 5.73 Å². The van der Waals surface area contributed by atoms with Crippen LogP contribution in [0.1, 0.15) is 24.1 Å². The molecule has 0 aliphatic carbocycles. The molecule has 6 heteroatoms. The van der Waals surface area contributed by atoms with E-state index in [-0.39, 0.29) is 18.3 Å². The molecular weight excluding hydrogens is 292 g/mol. The van der Waals surface area contributed by atoms with Gasteiger partial charge in [-0.2, -0.15) is 0 Å². The smallest absolute Gasteiger partial charge is 0.277 e. The van der Waals surface area contributed by atoms with E-state index in [1.807, 2.05) is 25.1 Å². The van der Waals surface area contributed by atoms with Gasteiger partial charge >= 0.3 is 0 Å². The lowest BCUT2D eigenvalue weighted by molar-refractivity contribution is -0.385. The molecule has 2 N–H and O–H groups in total. The second-order valence-corrected chi connectivity index (χ2v) is 5.08. The van der Waals surface area contributed by atoms with Gasteiger partial charge in [0.15, 0.2) is 0 Å². The van der Waals surface area contributed by atoms with Crippen LogP contribution < -0.4 is 10.5 Å². The van der Waals surface area contributed by atoms with Crippen molar-refractivity contribution in [1.29, 1.82) is 0 Å². The summed E-state index contributed by atoms with van der Waals surface area (Å²) in [6, 6.07) is 11.7. The van der Waals surface area contributed by atoms with Gasteiger partial charge in [-0.1, -0.05) is 29.8 Å². The van der Waals surface area contributed by atoms with Crippen molar-refractivity contribution in [1.82, 2.24) is 0 Å². The van der Waals surface area contributed by atoms with Crippen LogP contribution in [0.5, 0.6) is 5.75 Å². The van der Waals surface area contributed by atoms with Crippen LogP contribution in [0.15, 0.2) is 42.5 Å². The summed E-state index contributed by atoms with van der Waals surface area (Å²) in [5, 5.41) is 11.4. The lowest BCUT2D eigenvalue weighted by Gasteiger charge is -2.14. The summed E-state index contributed by atoms with van der Waals surface area (Å²) in [6.07, 6.45) is 0. The molecule has 0 aromatic heterocycles. The fourth-order valence-corrected chi connectivity index (χ4v) is 2.14. The molecule has 21 heavy (non-hydrogen) atoms. The predicted molar refractivity (Wildman–Crippen MR) is 81.5 cm³/mol. The fraction of sp³-hybridized carbons (Fsp3) is 0.200. The number of para-hydroxylation sites is 1. The Labute approximate surface area is 127 Å². The van der Waals surface area contributed by atoms with Crippen LogP contribution in [0.2, 0.25) is 5.02 Å². The Bertz CT molecular complexity index is 659. The Morgan fingerprint density at radius 3 is 2.71 bits per heavy atom. The molecule has 2 aromatic carbocycles. The zero-order valence-corrected chi connectivity index (χ0v) is 12.2. The first-order chi connectivity index (χ1) is 9.99. The van der Waals surface area contributed by atoms with Gasteiger partial charge in [0, 0.05) is 22.7 Å². The molecule has 110 valence electrons. The Morgan fingerprint density at radius 2 is 2.05 bits per heavy atom. The lowest BCUT2D eigenvalue weighted by atomic mass is 10.1. The summed E-state index contributed by atoms with van der Waals surface area (Å²) >= 11 is 5.78. The second kappa shape index (κ2) is 6.56. The molecule has 1 atom stereocenters. The van der Waals surface area contributed by atoms with Crippen LogP contribution in [0, 0.1) is 10.1 Å². The number of nitro benzene ring substituents is 1. The third-order valence-corrected chi connectivity index (χ3v) is 3.27. The van der Waals surface area contributed by atoms with Gasteiger partial charge in [0.1, 0.15) is 12.4 Å². The van der Waals surface area contributed by atoms with E-state index in [1.165, 1.54) is 6.07 Å². The Kier molecular flexibility index (Phi) is 4.77. The van der Waals surface area contributed by atoms with Crippen LogP contribution in [0.25, 0.3) is 0 Å². The van der Waals surface area contributed by atoms with E-state index in [2.05, 4.69) is 0 Å². The van der Waals surface area contributed by atoms with E-state index in [0.717, 1.165) is 5.56 Å². The summed E-state index contributed by atoms with van der Waals surface area (Å²) in [4.78, 5) is 10.6. The van der Waals surface area contributed by atoms with Crippen LogP contribution in [0.4, 0.5) is 5.69 Å². The molecule has 0 heterocycles. The molecule has 1 unspecified atom stereocenters. The van der Waals surface area contributed by atoms with Gasteiger partial charge in [-0.25, -0.2) is 0 Å². The predicted octanol–water partition coefficient (Wildman–Crippen LogP) is 3.85. The van der Waals surface area contributed by atoms with E-state index in [4.69, 9.17) is 22.1 Å². The third-order valence-electron chi connectivity index (χ3n) is 3.04. The van der Waals surface area contributed by atoms with Crippen molar-refractivity contribution in [2.75, 3.05) is 0 Å². The number of nitrogens with two attached hydrogens (primary N) is 1. The highest BCUT2D eigenvalue weighted by atomic mass is 35.5. The topological polar surface area (TPSA) is 78.4 Å². The first-order valence-corrected chi connectivity index (χ1v) is 6.77. The second-order valence-electron chi connectivity index (χ2n) is 4.65. The molecule has 0 aliphatic heterocycles. The van der Waals surface area contributed by atoms with Gasteiger partial charge in [0.05, 0.1) is 10.5 Å². The molecule has 0 saturated heterocycles. The number of benzene rings is 2. The minimum absolute atomic E-state index is 0.0548. The number of hydrogen-bond acceptors (Lipinski definition) is 4. The Morgan fingerprint density at radius 1 is 1.33 bits per heavy atom. The molecule has 2 rings (SSSR count). The zero-order valence-electron chi connectivity index (χ0n) is 11.5. The Balaban J connectivity index is 2.23. The van der Waals surface area contributed by atoms with Gasteiger partial charge in [-0.3, -0.25) is 10.1 Å². The molecular formula is C15H15ClN2O3. The molecule has 0 aliphatic rings. The first kappa shape index (κ1) is 15.3. The molecule has 0 bridgehead atoms. The first-order valence-electron chi connectivity index (χ1n) is 6.39. The van der Waals surface area contributed by atoms with Crippen LogP contribution in [-0.4, -0.2) is 4.92 Å². The summed E-state index contributed by atoms with van der Waals surface area (Å²) in [6.45, 7) is 1.93. The molecule has 0 amide bonds. The fourth-order valence-electron chi connectivity index (χ4n) is 1.97. The van der Waals surface area contributed by atoms with Gasteiger partial charge in [-0.05, 0) is 25.1 Å². The number of rotatable bonds is 5. The van der Waals surface area contributed by atoms with E-state index in [9.17, 15) is 10.1 Å². The van der Waals surface area contributed by atoms with Gasteiger partial charge in [-0.15, -0.1) is 0 Å². The minimum atomic E-state index is -0.470. The highest BCUT2D eigenvalue weighted by Gasteiger charge is 2.15. The monoisotopic (exact) mass is 306 g/mol. The number of nitrogens with zero attached hydrogens (tertiary/aromatic N) is 1. The van der Waals surface area contributed by atoms with Crippen molar-refractivity contribution in [2.45, 2.75) is 19.6 Å². The number of nitro groups is 1. The van der Waals surface area contributed by atoms with E-state index < -0.39 is 4.92 Å². The number of hydrogen-bond donors (Lipinski definition) is 1. The van der Waals surface area contributed by atoms with Gasteiger partial charge < -0.3 is 10.5 Å². The average molecular weight is 307 g/mol. The van der Waals surface area contributed by atoms with E-state index >= 15 is 0 Å². The van der Waals surface area contributed by atoms with E-state index in [0.29, 0.717) is 16.3 Å². The molecule has 0 saturated carbocycles. The number of halogens is 1. The summed E-state index contributed by atoms with van der Waals surface area (Å²) < 4.78 is 5.69. The normalized spacial score (nSPS) is 12.0. The van der Waals surface area contributed by atoms with Gasteiger partial charge in [0.25, 0.3) is 5.69 Å². The summed E-state index contributed by atoms with van der Waals surface area (Å²) in [5.41, 5.74) is 7.14. The van der Waals surface area contributed by atoms with Crippen molar-refractivity contribution in [3.05, 3.63) is 68.7 Å².